The Kier molecular flexibility index (Phi) is 6.59. The smallest absolute Gasteiger partial charge is 0.324 e. The van der Waals surface area contributed by atoms with Crippen molar-refractivity contribution in [3.8, 4) is 0 Å². The number of para-hydroxylation sites is 1. The highest BCUT2D eigenvalue weighted by Gasteiger charge is 2.30. The third-order valence-electron chi connectivity index (χ3n) is 4.15. The fourth-order valence-corrected chi connectivity index (χ4v) is 3.11. The lowest BCUT2D eigenvalue weighted by molar-refractivity contribution is -0.137. The summed E-state index contributed by atoms with van der Waals surface area (Å²) in [6.45, 7) is -0.290. The van der Waals surface area contributed by atoms with Crippen molar-refractivity contribution in [1.29, 1.82) is 0 Å². The number of alkyl halides is 3. The van der Waals surface area contributed by atoms with Crippen LogP contribution in [0.2, 0.25) is 0 Å². The van der Waals surface area contributed by atoms with E-state index < -0.39 is 23.6 Å². The summed E-state index contributed by atoms with van der Waals surface area (Å²) in [4.78, 5) is 36.9. The molecule has 0 fully saturated rings. The van der Waals surface area contributed by atoms with Crippen molar-refractivity contribution >= 4 is 39.1 Å². The maximum Gasteiger partial charge on any atom is 0.416 e. The molecule has 0 bridgehead atoms. The first kappa shape index (κ1) is 22.3. The molecule has 31 heavy (non-hydrogen) atoms. The highest BCUT2D eigenvalue weighted by Crippen LogP contribution is 2.31. The summed E-state index contributed by atoms with van der Waals surface area (Å²) in [5, 5.41) is 4.95. The lowest BCUT2D eigenvalue weighted by atomic mass is 10.1. The molecule has 0 saturated carbocycles. The molecular formula is C21H15BrF3N3O3. The molecule has 0 saturated heterocycles. The molecule has 0 spiro atoms. The summed E-state index contributed by atoms with van der Waals surface area (Å²) >= 11 is 3.22. The van der Waals surface area contributed by atoms with E-state index in [-0.39, 0.29) is 29.0 Å². The predicted molar refractivity (Wildman–Crippen MR) is 113 cm³/mol. The van der Waals surface area contributed by atoms with Gasteiger partial charge in [-0.15, -0.1) is 0 Å². The number of anilines is 2. The van der Waals surface area contributed by atoms with Gasteiger partial charge in [-0.25, -0.2) is 0 Å². The SMILES string of the molecule is O=C(Cn1cc(Br)ccc1=O)Nc1ccccc1C(=O)Nc1cccc(C(F)(F)F)c1. The fraction of sp³-hybridized carbons (Fsp3) is 0.0952. The summed E-state index contributed by atoms with van der Waals surface area (Å²) in [5.41, 5.74) is -1.11. The number of nitrogens with zero attached hydrogens (tertiary/aromatic N) is 1. The standard InChI is InChI=1S/C21H15BrF3N3O3/c22-14-8-9-19(30)28(11-14)12-18(29)27-17-7-2-1-6-16(17)20(31)26-15-5-3-4-13(10-15)21(23,24)25/h1-11H,12H2,(H,26,31)(H,27,29). The Morgan fingerprint density at radius 3 is 2.45 bits per heavy atom. The van der Waals surface area contributed by atoms with Crippen molar-refractivity contribution in [2.75, 3.05) is 10.6 Å². The lowest BCUT2D eigenvalue weighted by Gasteiger charge is -2.13. The van der Waals surface area contributed by atoms with Crippen LogP contribution in [0.5, 0.6) is 0 Å². The van der Waals surface area contributed by atoms with Crippen LogP contribution in [0.25, 0.3) is 0 Å². The topological polar surface area (TPSA) is 80.2 Å². The summed E-state index contributed by atoms with van der Waals surface area (Å²) in [5.74, 6) is -1.26. The van der Waals surface area contributed by atoms with Crippen LogP contribution < -0.4 is 16.2 Å². The second-order valence-corrected chi connectivity index (χ2v) is 7.36. The average molecular weight is 494 g/mol. The molecule has 0 atom stereocenters. The molecule has 160 valence electrons. The fourth-order valence-electron chi connectivity index (χ4n) is 2.73. The number of pyridine rings is 1. The predicted octanol–water partition coefficient (Wildman–Crippen LogP) is 4.52. The first-order chi connectivity index (χ1) is 14.6. The summed E-state index contributed by atoms with van der Waals surface area (Å²) < 4.78 is 40.4. The quantitative estimate of drug-likeness (QED) is 0.548. The normalized spacial score (nSPS) is 11.1. The Bertz CT molecular complexity index is 1190. The van der Waals surface area contributed by atoms with Crippen molar-refractivity contribution in [1.82, 2.24) is 4.57 Å². The molecule has 1 heterocycles. The number of carbonyl (C=O) groups excluding carboxylic acids is 2. The van der Waals surface area contributed by atoms with Crippen molar-refractivity contribution in [3.63, 3.8) is 0 Å². The molecule has 2 N–H and O–H groups in total. The van der Waals surface area contributed by atoms with Crippen LogP contribution >= 0.6 is 15.9 Å². The Hall–Kier alpha value is -3.40. The van der Waals surface area contributed by atoms with E-state index in [1.54, 1.807) is 18.2 Å². The van der Waals surface area contributed by atoms with Crippen molar-refractivity contribution in [2.45, 2.75) is 12.7 Å². The molecule has 2 aromatic carbocycles. The van der Waals surface area contributed by atoms with Crippen LogP contribution in [0.3, 0.4) is 0 Å². The third-order valence-corrected chi connectivity index (χ3v) is 4.62. The van der Waals surface area contributed by atoms with E-state index in [4.69, 9.17) is 0 Å². The number of amides is 2. The van der Waals surface area contributed by atoms with Crippen LogP contribution in [-0.4, -0.2) is 16.4 Å². The number of hydrogen-bond acceptors (Lipinski definition) is 3. The molecule has 0 unspecified atom stereocenters. The molecule has 0 radical (unpaired) electrons. The first-order valence-corrected chi connectivity index (χ1v) is 9.66. The van der Waals surface area contributed by atoms with Crippen LogP contribution in [0.1, 0.15) is 15.9 Å². The molecule has 10 heteroatoms. The Morgan fingerprint density at radius 2 is 1.71 bits per heavy atom. The molecule has 3 rings (SSSR count). The van der Waals surface area contributed by atoms with Crippen LogP contribution in [0.4, 0.5) is 24.5 Å². The van der Waals surface area contributed by atoms with Gasteiger partial charge in [-0.05, 0) is 52.3 Å². The van der Waals surface area contributed by atoms with Gasteiger partial charge < -0.3 is 15.2 Å². The summed E-state index contributed by atoms with van der Waals surface area (Å²) in [6, 6.07) is 13.1. The zero-order chi connectivity index (χ0) is 22.6. The maximum absolute atomic E-state index is 12.9. The van der Waals surface area contributed by atoms with Gasteiger partial charge in [0.25, 0.3) is 11.5 Å². The van der Waals surface area contributed by atoms with Gasteiger partial charge in [0.05, 0.1) is 16.8 Å². The van der Waals surface area contributed by atoms with Gasteiger partial charge in [0.1, 0.15) is 6.54 Å². The Morgan fingerprint density at radius 1 is 0.968 bits per heavy atom. The van der Waals surface area contributed by atoms with E-state index in [9.17, 15) is 27.6 Å². The number of aromatic nitrogens is 1. The zero-order valence-corrected chi connectivity index (χ0v) is 17.3. The summed E-state index contributed by atoms with van der Waals surface area (Å²) in [6.07, 6.45) is -3.09. The van der Waals surface area contributed by atoms with Gasteiger partial charge >= 0.3 is 6.18 Å². The Balaban J connectivity index is 1.77. The minimum Gasteiger partial charge on any atom is -0.324 e. The van der Waals surface area contributed by atoms with Crippen LogP contribution in [0, 0.1) is 0 Å². The van der Waals surface area contributed by atoms with E-state index in [0.717, 1.165) is 12.1 Å². The second kappa shape index (κ2) is 9.17. The molecule has 3 aromatic rings. The largest absolute Gasteiger partial charge is 0.416 e. The molecule has 6 nitrogen and oxygen atoms in total. The van der Waals surface area contributed by atoms with E-state index in [0.29, 0.717) is 4.47 Å². The molecular weight excluding hydrogens is 479 g/mol. The number of nitrogens with one attached hydrogen (secondary N) is 2. The first-order valence-electron chi connectivity index (χ1n) is 8.87. The van der Waals surface area contributed by atoms with E-state index in [2.05, 4.69) is 26.6 Å². The van der Waals surface area contributed by atoms with Crippen molar-refractivity contribution in [3.05, 3.63) is 92.8 Å². The summed E-state index contributed by atoms with van der Waals surface area (Å²) in [7, 11) is 0. The molecule has 0 aliphatic rings. The number of halogens is 4. The van der Waals surface area contributed by atoms with Gasteiger partial charge in [0.2, 0.25) is 5.91 Å². The number of hydrogen-bond donors (Lipinski definition) is 2. The minimum absolute atomic E-state index is 0.0401. The van der Waals surface area contributed by atoms with Crippen LogP contribution in [-0.2, 0) is 17.5 Å². The van der Waals surface area contributed by atoms with Crippen LogP contribution in [0.15, 0.2) is 76.1 Å². The van der Waals surface area contributed by atoms with Crippen molar-refractivity contribution < 1.29 is 22.8 Å². The van der Waals surface area contributed by atoms with Crippen molar-refractivity contribution in [2.24, 2.45) is 0 Å². The van der Waals surface area contributed by atoms with Gasteiger partial charge in [-0.1, -0.05) is 18.2 Å². The average Bonchev–Trinajstić information content (AvgIpc) is 2.70. The lowest BCUT2D eigenvalue weighted by Crippen LogP contribution is -2.27. The monoisotopic (exact) mass is 493 g/mol. The van der Waals surface area contributed by atoms with Gasteiger partial charge in [0.15, 0.2) is 0 Å². The number of rotatable bonds is 5. The highest BCUT2D eigenvalue weighted by atomic mass is 79.9. The zero-order valence-electron chi connectivity index (χ0n) is 15.7. The van der Waals surface area contributed by atoms with E-state index >= 15 is 0 Å². The second-order valence-electron chi connectivity index (χ2n) is 6.44. The maximum atomic E-state index is 12.9. The molecule has 0 aliphatic carbocycles. The molecule has 2 amide bonds. The van der Waals surface area contributed by atoms with Gasteiger partial charge in [-0.3, -0.25) is 14.4 Å². The van der Waals surface area contributed by atoms with Gasteiger partial charge in [0, 0.05) is 22.4 Å². The highest BCUT2D eigenvalue weighted by molar-refractivity contribution is 9.10. The van der Waals surface area contributed by atoms with E-state index in [1.807, 2.05) is 0 Å². The number of benzene rings is 2. The van der Waals surface area contributed by atoms with Gasteiger partial charge in [-0.2, -0.15) is 13.2 Å². The minimum atomic E-state index is -4.54. The third kappa shape index (κ3) is 5.82. The molecule has 0 aliphatic heterocycles. The van der Waals surface area contributed by atoms with E-state index in [1.165, 1.54) is 41.1 Å². The Labute approximate surface area is 182 Å². The number of carbonyl (C=O) groups is 2. The molecule has 1 aromatic heterocycles.